The Balaban J connectivity index is 1.43. The summed E-state index contributed by atoms with van der Waals surface area (Å²) in [5.74, 6) is 2.02. The first kappa shape index (κ1) is 21.0. The Kier molecular flexibility index (Phi) is 5.45. The third kappa shape index (κ3) is 3.90. The fraction of sp³-hybridized carbons (Fsp3) is 0.333. The van der Waals surface area contributed by atoms with E-state index in [1.807, 2.05) is 18.2 Å². The van der Waals surface area contributed by atoms with Gasteiger partial charge in [0.15, 0.2) is 17.3 Å². The summed E-state index contributed by atoms with van der Waals surface area (Å²) in [6, 6.07) is 7.31. The van der Waals surface area contributed by atoms with Gasteiger partial charge in [-0.1, -0.05) is 0 Å². The van der Waals surface area contributed by atoms with Crippen LogP contribution in [0.15, 0.2) is 45.1 Å². The molecule has 33 heavy (non-hydrogen) atoms. The van der Waals surface area contributed by atoms with Crippen LogP contribution in [0.3, 0.4) is 0 Å². The van der Waals surface area contributed by atoms with Crippen molar-refractivity contribution in [3.8, 4) is 11.5 Å². The van der Waals surface area contributed by atoms with Gasteiger partial charge in [-0.15, -0.1) is 10.2 Å². The maximum atomic E-state index is 11.1. The number of azo groups is 1. The molecule has 1 amide bonds. The zero-order valence-corrected chi connectivity index (χ0v) is 18.2. The fourth-order valence-electron chi connectivity index (χ4n) is 4.55. The Morgan fingerprint density at radius 1 is 1.27 bits per heavy atom. The minimum Gasteiger partial charge on any atom is -0.504 e. The molecule has 0 spiro atoms. The van der Waals surface area contributed by atoms with Crippen molar-refractivity contribution in [1.29, 1.82) is 0 Å². The highest BCUT2D eigenvalue weighted by Crippen LogP contribution is 2.42. The standard InChI is InChI=1S/C24H24N4O5/c1-32-19-7-6-17-21(29)20(13-18-15-3-2-10-25-23(15)27-26-18)33-22(17)16(19)5-4-14-8-11-28(12-9-14)24(30)31/h2-3,6-7,10,13-14,29H,4-5,8-9,11-12H2,1H3,(H,30,31). The number of aromatic hydroxyl groups is 1. The van der Waals surface area contributed by atoms with Crippen LogP contribution in [0.2, 0.25) is 0 Å². The number of pyridine rings is 1. The summed E-state index contributed by atoms with van der Waals surface area (Å²) < 4.78 is 11.7. The van der Waals surface area contributed by atoms with Crippen molar-refractivity contribution in [1.82, 2.24) is 9.88 Å². The number of nitrogens with zero attached hydrogens (tertiary/aromatic N) is 4. The first-order chi connectivity index (χ1) is 16.0. The van der Waals surface area contributed by atoms with Crippen LogP contribution in [0.5, 0.6) is 11.5 Å². The summed E-state index contributed by atoms with van der Waals surface area (Å²) in [7, 11) is 1.62. The molecule has 2 aliphatic rings. The first-order valence-corrected chi connectivity index (χ1v) is 10.9. The van der Waals surface area contributed by atoms with Gasteiger partial charge in [0.1, 0.15) is 17.0 Å². The molecule has 0 radical (unpaired) electrons. The quantitative estimate of drug-likeness (QED) is 0.535. The van der Waals surface area contributed by atoms with Crippen LogP contribution in [0.25, 0.3) is 22.7 Å². The maximum absolute atomic E-state index is 11.1. The molecule has 9 heteroatoms. The number of benzene rings is 1. The van der Waals surface area contributed by atoms with Gasteiger partial charge in [-0.25, -0.2) is 9.78 Å². The van der Waals surface area contributed by atoms with Crippen molar-refractivity contribution >= 4 is 34.7 Å². The lowest BCUT2D eigenvalue weighted by Gasteiger charge is -2.30. The third-order valence-corrected chi connectivity index (χ3v) is 6.41. The van der Waals surface area contributed by atoms with Crippen LogP contribution in [-0.2, 0) is 6.42 Å². The second kappa shape index (κ2) is 8.57. The van der Waals surface area contributed by atoms with Gasteiger partial charge >= 0.3 is 6.09 Å². The summed E-state index contributed by atoms with van der Waals surface area (Å²) >= 11 is 0. The van der Waals surface area contributed by atoms with Gasteiger partial charge < -0.3 is 24.3 Å². The number of aromatic nitrogens is 1. The van der Waals surface area contributed by atoms with Crippen molar-refractivity contribution in [3.05, 3.63) is 47.3 Å². The minimum absolute atomic E-state index is 0.0451. The van der Waals surface area contributed by atoms with Gasteiger partial charge in [-0.3, -0.25) is 0 Å². The number of piperidine rings is 1. The number of methoxy groups -OCH3 is 1. The molecule has 4 heterocycles. The number of carboxylic acid groups (broad SMARTS) is 1. The number of amides is 1. The van der Waals surface area contributed by atoms with Gasteiger partial charge in [-0.2, -0.15) is 0 Å². The smallest absolute Gasteiger partial charge is 0.407 e. The number of hydrogen-bond donors (Lipinski definition) is 2. The monoisotopic (exact) mass is 448 g/mol. The summed E-state index contributed by atoms with van der Waals surface area (Å²) in [5, 5.41) is 28.9. The molecule has 1 saturated heterocycles. The van der Waals surface area contributed by atoms with Crippen LogP contribution < -0.4 is 4.74 Å². The third-order valence-electron chi connectivity index (χ3n) is 6.41. The summed E-state index contributed by atoms with van der Waals surface area (Å²) in [4.78, 5) is 16.8. The highest BCUT2D eigenvalue weighted by Gasteiger charge is 2.25. The van der Waals surface area contributed by atoms with Crippen LogP contribution in [-0.4, -0.2) is 46.4 Å². The first-order valence-electron chi connectivity index (χ1n) is 10.9. The van der Waals surface area contributed by atoms with Crippen molar-refractivity contribution < 1.29 is 24.2 Å². The lowest BCUT2D eigenvalue weighted by atomic mass is 9.90. The van der Waals surface area contributed by atoms with E-state index in [-0.39, 0.29) is 5.75 Å². The van der Waals surface area contributed by atoms with Crippen molar-refractivity contribution in [2.45, 2.75) is 25.7 Å². The van der Waals surface area contributed by atoms with Crippen molar-refractivity contribution in [2.75, 3.05) is 20.2 Å². The fourth-order valence-corrected chi connectivity index (χ4v) is 4.55. The number of carbonyl (C=O) groups is 1. The summed E-state index contributed by atoms with van der Waals surface area (Å²) in [6.45, 7) is 1.12. The summed E-state index contributed by atoms with van der Waals surface area (Å²) in [5.41, 5.74) is 2.84. The Labute approximate surface area is 190 Å². The van der Waals surface area contributed by atoms with Gasteiger partial charge in [0.25, 0.3) is 0 Å². The number of rotatable bonds is 5. The predicted molar refractivity (Wildman–Crippen MR) is 122 cm³/mol. The van der Waals surface area contributed by atoms with Gasteiger partial charge in [-0.05, 0) is 55.9 Å². The number of fused-ring (bicyclic) bond motifs is 2. The van der Waals surface area contributed by atoms with E-state index in [0.717, 1.165) is 30.4 Å². The minimum atomic E-state index is -0.854. The van der Waals surface area contributed by atoms with Crippen LogP contribution >= 0.6 is 0 Å². The highest BCUT2D eigenvalue weighted by atomic mass is 16.5. The maximum Gasteiger partial charge on any atom is 0.407 e. The normalized spacial score (nSPS) is 17.1. The Morgan fingerprint density at radius 3 is 2.85 bits per heavy atom. The van der Waals surface area contributed by atoms with E-state index < -0.39 is 6.09 Å². The average Bonchev–Trinajstić information content (AvgIpc) is 3.39. The van der Waals surface area contributed by atoms with E-state index in [2.05, 4.69) is 15.2 Å². The molecule has 0 aliphatic carbocycles. The Bertz CT molecular complexity index is 1270. The van der Waals surface area contributed by atoms with E-state index in [0.29, 0.717) is 59.4 Å². The number of aryl methyl sites for hydroxylation is 1. The predicted octanol–water partition coefficient (Wildman–Crippen LogP) is 5.46. The Hall–Kier alpha value is -3.88. The van der Waals surface area contributed by atoms with E-state index >= 15 is 0 Å². The molecular weight excluding hydrogens is 424 g/mol. The lowest BCUT2D eigenvalue weighted by molar-refractivity contribution is 0.123. The summed E-state index contributed by atoms with van der Waals surface area (Å²) in [6.07, 6.45) is 5.73. The molecule has 9 nitrogen and oxygen atoms in total. The van der Waals surface area contributed by atoms with Gasteiger partial charge in [0.2, 0.25) is 0 Å². The highest BCUT2D eigenvalue weighted by molar-refractivity contribution is 5.94. The molecule has 0 saturated carbocycles. The molecule has 170 valence electrons. The Morgan fingerprint density at radius 2 is 2.09 bits per heavy atom. The van der Waals surface area contributed by atoms with Gasteiger partial charge in [0, 0.05) is 36.5 Å². The van der Waals surface area contributed by atoms with Crippen molar-refractivity contribution in [2.24, 2.45) is 16.1 Å². The van der Waals surface area contributed by atoms with Crippen molar-refractivity contribution in [3.63, 3.8) is 0 Å². The van der Waals surface area contributed by atoms with Crippen LogP contribution in [0.4, 0.5) is 10.6 Å². The largest absolute Gasteiger partial charge is 0.504 e. The number of likely N-dealkylation sites (tertiary alicyclic amines) is 1. The molecule has 1 fully saturated rings. The zero-order valence-electron chi connectivity index (χ0n) is 18.2. The molecule has 2 aliphatic heterocycles. The molecule has 2 N–H and O–H groups in total. The van der Waals surface area contributed by atoms with E-state index in [1.54, 1.807) is 25.4 Å². The molecule has 3 aromatic rings. The second-order valence-electron chi connectivity index (χ2n) is 8.29. The number of furan rings is 1. The zero-order chi connectivity index (χ0) is 22.9. The lowest BCUT2D eigenvalue weighted by Crippen LogP contribution is -2.37. The molecular formula is C24H24N4O5. The van der Waals surface area contributed by atoms with Gasteiger partial charge in [0.05, 0.1) is 12.5 Å². The number of hydrogen-bond acceptors (Lipinski definition) is 7. The molecule has 0 bridgehead atoms. The van der Waals surface area contributed by atoms with Crippen LogP contribution in [0.1, 0.15) is 36.1 Å². The van der Waals surface area contributed by atoms with E-state index in [9.17, 15) is 9.90 Å². The molecule has 0 atom stereocenters. The van der Waals surface area contributed by atoms with Crippen LogP contribution in [0, 0.1) is 5.92 Å². The molecule has 2 aromatic heterocycles. The number of ether oxygens (including phenoxy) is 1. The van der Waals surface area contributed by atoms with E-state index in [4.69, 9.17) is 14.3 Å². The molecule has 1 aromatic carbocycles. The van der Waals surface area contributed by atoms with E-state index in [1.165, 1.54) is 4.90 Å². The topological polar surface area (TPSA) is 121 Å². The average molecular weight is 448 g/mol. The molecule has 5 rings (SSSR count). The second-order valence-corrected chi connectivity index (χ2v) is 8.29. The molecule has 0 unspecified atom stereocenters. The SMILES string of the molecule is COc1ccc2c(O)c(C=C3N=Nc4ncccc43)oc2c1CCC1CCN(C(=O)O)CC1.